The minimum Gasteiger partial charge on any atom is -0.399 e. The van der Waals surface area contributed by atoms with Gasteiger partial charge in [-0.25, -0.2) is 0 Å². The molecule has 5 aromatic rings. The lowest BCUT2D eigenvalue weighted by Crippen LogP contribution is -2.41. The van der Waals surface area contributed by atoms with E-state index in [1.54, 1.807) is 0 Å². The number of hydrogen-bond acceptors (Lipinski definition) is 7. The molecule has 0 spiro atoms. The van der Waals surface area contributed by atoms with Crippen LogP contribution in [0.3, 0.4) is 0 Å². The van der Waals surface area contributed by atoms with Gasteiger partial charge < -0.3 is 19.5 Å². The van der Waals surface area contributed by atoms with Crippen molar-refractivity contribution in [1.82, 2.24) is 4.98 Å². The molecule has 1 aliphatic heterocycles. The number of aromatic nitrogens is 1. The number of rotatable bonds is 18. The third-order valence-electron chi connectivity index (χ3n) is 19.2. The van der Waals surface area contributed by atoms with Crippen molar-refractivity contribution in [3.63, 3.8) is 0 Å². The zero-order chi connectivity index (χ0) is 56.2. The third-order valence-corrected chi connectivity index (χ3v) is 19.2. The Morgan fingerprint density at radius 3 is 1.30 bits per heavy atom. The average Bonchev–Trinajstić information content (AvgIpc) is 3.63. The second-order valence-electron chi connectivity index (χ2n) is 24.5. The average molecular weight is 1050 g/mol. The molecule has 7 nitrogen and oxygen atoms in total. The van der Waals surface area contributed by atoms with E-state index in [1.807, 2.05) is 6.20 Å². The molecule has 416 valence electrons. The van der Waals surface area contributed by atoms with Crippen molar-refractivity contribution in [2.24, 2.45) is 0 Å². The molecule has 0 bridgehead atoms. The van der Waals surface area contributed by atoms with Gasteiger partial charge in [0.2, 0.25) is 0 Å². The van der Waals surface area contributed by atoms with E-state index in [0.29, 0.717) is 0 Å². The van der Waals surface area contributed by atoms with Crippen molar-refractivity contribution in [1.29, 1.82) is 0 Å². The summed E-state index contributed by atoms with van der Waals surface area (Å²) in [7, 11) is -0.336. The van der Waals surface area contributed by atoms with Crippen LogP contribution in [0.5, 0.6) is 0 Å². The first-order valence-corrected chi connectivity index (χ1v) is 29.8. The van der Waals surface area contributed by atoms with Crippen molar-refractivity contribution in [2.75, 3.05) is 0 Å². The highest BCUT2D eigenvalue weighted by Gasteiger charge is 2.52. The van der Waals surface area contributed by atoms with Gasteiger partial charge in [-0.15, -0.1) is 0 Å². The van der Waals surface area contributed by atoms with Gasteiger partial charge >= 0.3 is 13.3 Å². The van der Waals surface area contributed by atoms with Crippen LogP contribution in [0.2, 0.25) is 0 Å². The van der Waals surface area contributed by atoms with Crippen LogP contribution in [-0.2, 0) is 49.0 Å². The number of pyridine rings is 1. The largest absolute Gasteiger partial charge is 0.495 e. The van der Waals surface area contributed by atoms with Crippen LogP contribution in [0.4, 0.5) is 0 Å². The Morgan fingerprint density at radius 1 is 0.532 bits per heavy atom. The summed E-state index contributed by atoms with van der Waals surface area (Å²) in [6.45, 7) is 28.8. The number of aliphatic hydroxyl groups is 2. The Morgan fingerprint density at radius 2 is 0.935 bits per heavy atom. The predicted octanol–water partition coefficient (Wildman–Crippen LogP) is 15.8. The standard InChI is InChI=1S/C35H47NO.C33H49BO3.CO2/c1-6-12-28-13-18-33(36-25-28)32-17-16-31(24-27(32)5)35(7-2,8-3)30-15-14-29(26(4)23-30)19-22-34(37)20-10-9-11-21-34;1-9-33(10-2,27-15-14-26(24(3)22-27)18-21-32(35)19-12-11-13-20-32)28-16-17-29(25(4)23-28)34-36-30(5,6)31(7,8)37-34;2-1-3/h13-18,23-25,37H,6-12,19-22H2,1-5H3;14-17,22-23,35H,9-13,18-21H2,1-8H3;. The molecular weight excluding hydrogens is 950 g/mol. The minimum atomic E-state index is -0.462. The molecule has 3 fully saturated rings. The van der Waals surface area contributed by atoms with Gasteiger partial charge in [0.25, 0.3) is 0 Å². The first-order valence-electron chi connectivity index (χ1n) is 29.8. The van der Waals surface area contributed by atoms with Gasteiger partial charge in [-0.3, -0.25) is 4.98 Å². The Hall–Kier alpha value is -4.69. The highest BCUT2D eigenvalue weighted by atomic mass is 16.7. The van der Waals surface area contributed by atoms with Crippen molar-refractivity contribution in [2.45, 2.75) is 252 Å². The van der Waals surface area contributed by atoms with E-state index in [0.717, 1.165) is 114 Å². The highest BCUT2D eigenvalue weighted by molar-refractivity contribution is 6.62. The van der Waals surface area contributed by atoms with Gasteiger partial charge in [0.05, 0.1) is 28.1 Å². The van der Waals surface area contributed by atoms with Gasteiger partial charge in [0.15, 0.2) is 0 Å². The molecule has 2 heterocycles. The molecule has 0 radical (unpaired) electrons. The van der Waals surface area contributed by atoms with Gasteiger partial charge in [-0.2, -0.15) is 9.59 Å². The molecule has 3 aliphatic rings. The Labute approximate surface area is 466 Å². The maximum absolute atomic E-state index is 11.0. The fraction of sp³-hybridized carbons (Fsp3) is 0.565. The van der Waals surface area contributed by atoms with Crippen molar-refractivity contribution in [3.05, 3.63) is 152 Å². The van der Waals surface area contributed by atoms with Crippen LogP contribution in [0.1, 0.15) is 233 Å². The van der Waals surface area contributed by atoms with Crippen molar-refractivity contribution in [3.8, 4) is 11.3 Å². The van der Waals surface area contributed by atoms with E-state index in [4.69, 9.17) is 23.9 Å². The molecule has 8 rings (SSSR count). The lowest BCUT2D eigenvalue weighted by atomic mass is 9.67. The molecule has 0 atom stereocenters. The number of benzene rings is 4. The molecule has 77 heavy (non-hydrogen) atoms. The second kappa shape index (κ2) is 26.5. The molecule has 0 amide bonds. The van der Waals surface area contributed by atoms with Gasteiger partial charge in [-0.05, 0) is 206 Å². The van der Waals surface area contributed by atoms with E-state index < -0.39 is 11.2 Å². The summed E-state index contributed by atoms with van der Waals surface area (Å²) in [5.74, 6) is 0. The summed E-state index contributed by atoms with van der Waals surface area (Å²) in [6.07, 6.45) is 23.4. The van der Waals surface area contributed by atoms with Gasteiger partial charge in [0, 0.05) is 22.6 Å². The molecule has 2 N–H and O–H groups in total. The van der Waals surface area contributed by atoms with Crippen LogP contribution in [0.15, 0.2) is 91.1 Å². The molecule has 8 heteroatoms. The second-order valence-corrected chi connectivity index (χ2v) is 24.5. The summed E-state index contributed by atoms with van der Waals surface area (Å²) < 4.78 is 12.7. The first-order chi connectivity index (χ1) is 36.6. The Bertz CT molecular complexity index is 2710. The van der Waals surface area contributed by atoms with E-state index >= 15 is 0 Å². The topological polar surface area (TPSA) is 106 Å². The van der Waals surface area contributed by atoms with Crippen molar-refractivity contribution >= 4 is 18.7 Å². The third kappa shape index (κ3) is 14.2. The monoisotopic (exact) mass is 1050 g/mol. The molecule has 2 saturated carbocycles. The summed E-state index contributed by atoms with van der Waals surface area (Å²) in [5, 5.41) is 22.0. The molecule has 1 saturated heterocycles. The lowest BCUT2D eigenvalue weighted by Gasteiger charge is -2.35. The summed E-state index contributed by atoms with van der Waals surface area (Å²) >= 11 is 0. The van der Waals surface area contributed by atoms with E-state index in [1.165, 1.54) is 92.4 Å². The van der Waals surface area contributed by atoms with Crippen LogP contribution < -0.4 is 5.46 Å². The van der Waals surface area contributed by atoms with Crippen LogP contribution in [-0.4, -0.2) is 50.9 Å². The maximum Gasteiger partial charge on any atom is 0.495 e. The predicted molar refractivity (Wildman–Crippen MR) is 318 cm³/mol. The summed E-state index contributed by atoms with van der Waals surface area (Å²) in [4.78, 5) is 21.0. The van der Waals surface area contributed by atoms with E-state index in [2.05, 4.69) is 175 Å². The van der Waals surface area contributed by atoms with Gasteiger partial charge in [-0.1, -0.05) is 164 Å². The highest BCUT2D eigenvalue weighted by Crippen LogP contribution is 2.44. The van der Waals surface area contributed by atoms with Crippen LogP contribution in [0.25, 0.3) is 11.3 Å². The normalized spacial score (nSPS) is 17.6. The maximum atomic E-state index is 11.0. The molecule has 1 aromatic heterocycles. The zero-order valence-corrected chi connectivity index (χ0v) is 49.9. The van der Waals surface area contributed by atoms with E-state index in [-0.39, 0.29) is 35.3 Å². The summed E-state index contributed by atoms with van der Waals surface area (Å²) in [6, 6.07) is 32.5. The Balaban J connectivity index is 0.000000237. The number of nitrogens with zero attached hydrogens (tertiary/aromatic N) is 1. The van der Waals surface area contributed by atoms with Crippen molar-refractivity contribution < 1.29 is 29.1 Å². The van der Waals surface area contributed by atoms with E-state index in [9.17, 15) is 10.2 Å². The summed E-state index contributed by atoms with van der Waals surface area (Å²) in [5.41, 5.74) is 16.6. The number of carbonyl (C=O) groups excluding carboxylic acids is 2. The SMILES string of the molecule is CCC(CC)(c1ccc(CCC2(O)CCCCC2)c(C)c1)c1ccc(B2OC(C)(C)C(C)(C)O2)c(C)c1.CCCc1ccc(-c2ccc(C(CC)(CC)c3ccc(CCC4(O)CCCCC4)c(C)c3)cc2C)nc1.O=C=O. The molecule has 2 aliphatic carbocycles. The minimum absolute atomic E-state index is 0.00738. The quantitative estimate of drug-likeness (QED) is 0.0842. The fourth-order valence-corrected chi connectivity index (χ4v) is 13.1. The Kier molecular flexibility index (Phi) is 21.2. The van der Waals surface area contributed by atoms with Crippen LogP contribution >= 0.6 is 0 Å². The lowest BCUT2D eigenvalue weighted by molar-refractivity contribution is -0.191. The number of aryl methyl sites for hydroxylation is 7. The van der Waals surface area contributed by atoms with Crippen LogP contribution in [0, 0.1) is 27.7 Å². The fourth-order valence-electron chi connectivity index (χ4n) is 13.1. The molecule has 4 aromatic carbocycles. The molecular formula is C69H96BNO6. The van der Waals surface area contributed by atoms with Gasteiger partial charge in [0.1, 0.15) is 0 Å². The molecule has 0 unspecified atom stereocenters. The number of hydrogen-bond donors (Lipinski definition) is 2. The first kappa shape index (κ1) is 61.5. The smallest absolute Gasteiger partial charge is 0.399 e. The zero-order valence-electron chi connectivity index (χ0n) is 49.9.